The van der Waals surface area contributed by atoms with Gasteiger partial charge >= 0.3 is 0 Å². The number of ether oxygens (including phenoxy) is 1. The smallest absolute Gasteiger partial charge is 0.221 e. The third kappa shape index (κ3) is 8.21. The van der Waals surface area contributed by atoms with Gasteiger partial charge in [0.15, 0.2) is 0 Å². The predicted molar refractivity (Wildman–Crippen MR) is 77.3 cm³/mol. The van der Waals surface area contributed by atoms with Gasteiger partial charge in [0.05, 0.1) is 6.61 Å². The Hall–Kier alpha value is -1.55. The highest BCUT2D eigenvalue weighted by Crippen LogP contribution is 2.07. The van der Waals surface area contributed by atoms with Gasteiger partial charge in [0.1, 0.15) is 5.75 Å². The van der Waals surface area contributed by atoms with E-state index in [0.717, 1.165) is 38.2 Å². The highest BCUT2D eigenvalue weighted by Gasteiger charge is 1.98. The van der Waals surface area contributed by atoms with Crippen LogP contribution in [0, 0.1) is 0 Å². The van der Waals surface area contributed by atoms with Crippen LogP contribution in [0.15, 0.2) is 30.3 Å². The van der Waals surface area contributed by atoms with Crippen LogP contribution in [0.3, 0.4) is 0 Å². The molecule has 0 fully saturated rings. The summed E-state index contributed by atoms with van der Waals surface area (Å²) in [5.74, 6) is 1.02. The SMILES string of the molecule is CCCNC(=O)CCNCCCOc1ccccc1. The molecule has 0 bridgehead atoms. The molecule has 106 valence electrons. The van der Waals surface area contributed by atoms with E-state index < -0.39 is 0 Å². The van der Waals surface area contributed by atoms with Crippen molar-refractivity contribution in [3.05, 3.63) is 30.3 Å². The summed E-state index contributed by atoms with van der Waals surface area (Å²) in [5.41, 5.74) is 0. The maximum atomic E-state index is 11.3. The Morgan fingerprint density at radius 2 is 1.95 bits per heavy atom. The zero-order valence-electron chi connectivity index (χ0n) is 11.7. The number of rotatable bonds is 10. The Balaban J connectivity index is 1.90. The van der Waals surface area contributed by atoms with Crippen LogP contribution in [-0.2, 0) is 4.79 Å². The van der Waals surface area contributed by atoms with Crippen LogP contribution in [0.25, 0.3) is 0 Å². The molecule has 1 amide bonds. The van der Waals surface area contributed by atoms with Crippen molar-refractivity contribution in [3.8, 4) is 5.75 Å². The molecule has 0 atom stereocenters. The number of nitrogens with one attached hydrogen (secondary N) is 2. The zero-order chi connectivity index (χ0) is 13.8. The van der Waals surface area contributed by atoms with Gasteiger partial charge in [0.25, 0.3) is 0 Å². The Kier molecular flexibility index (Phi) is 8.47. The number of para-hydroxylation sites is 1. The van der Waals surface area contributed by atoms with Crippen LogP contribution >= 0.6 is 0 Å². The number of benzene rings is 1. The van der Waals surface area contributed by atoms with Crippen LogP contribution in [0.5, 0.6) is 5.75 Å². The average Bonchev–Trinajstić information content (AvgIpc) is 2.45. The van der Waals surface area contributed by atoms with E-state index in [4.69, 9.17) is 4.74 Å². The normalized spacial score (nSPS) is 10.2. The van der Waals surface area contributed by atoms with Crippen LogP contribution < -0.4 is 15.4 Å². The summed E-state index contributed by atoms with van der Waals surface area (Å²) < 4.78 is 5.57. The summed E-state index contributed by atoms with van der Waals surface area (Å²) in [5, 5.41) is 6.09. The van der Waals surface area contributed by atoms with Gasteiger partial charge in [-0.3, -0.25) is 4.79 Å². The molecule has 1 aromatic rings. The molecule has 2 N–H and O–H groups in total. The summed E-state index contributed by atoms with van der Waals surface area (Å²) in [7, 11) is 0. The fraction of sp³-hybridized carbons (Fsp3) is 0.533. The minimum atomic E-state index is 0.120. The van der Waals surface area contributed by atoms with E-state index in [1.807, 2.05) is 37.3 Å². The van der Waals surface area contributed by atoms with Crippen molar-refractivity contribution in [1.29, 1.82) is 0 Å². The van der Waals surface area contributed by atoms with E-state index in [0.29, 0.717) is 13.0 Å². The molecule has 4 nitrogen and oxygen atoms in total. The van der Waals surface area contributed by atoms with Gasteiger partial charge in [-0.05, 0) is 31.5 Å². The van der Waals surface area contributed by atoms with Gasteiger partial charge in [-0.1, -0.05) is 25.1 Å². The molecule has 0 aliphatic carbocycles. The first-order valence-corrected chi connectivity index (χ1v) is 6.98. The summed E-state index contributed by atoms with van der Waals surface area (Å²) in [6, 6.07) is 9.79. The van der Waals surface area contributed by atoms with Crippen molar-refractivity contribution in [3.63, 3.8) is 0 Å². The molecule has 0 saturated heterocycles. The topological polar surface area (TPSA) is 50.4 Å². The number of hydrogen-bond acceptors (Lipinski definition) is 3. The van der Waals surface area contributed by atoms with Crippen LogP contribution in [0.1, 0.15) is 26.2 Å². The minimum Gasteiger partial charge on any atom is -0.494 e. The molecule has 0 saturated carbocycles. The molecule has 0 aliphatic heterocycles. The molecular weight excluding hydrogens is 240 g/mol. The van der Waals surface area contributed by atoms with Crippen molar-refractivity contribution in [1.82, 2.24) is 10.6 Å². The Bertz CT molecular complexity index is 341. The molecule has 19 heavy (non-hydrogen) atoms. The quantitative estimate of drug-likeness (QED) is 0.635. The first kappa shape index (κ1) is 15.5. The van der Waals surface area contributed by atoms with E-state index in [-0.39, 0.29) is 5.91 Å². The van der Waals surface area contributed by atoms with Crippen molar-refractivity contribution < 1.29 is 9.53 Å². The lowest BCUT2D eigenvalue weighted by Crippen LogP contribution is -2.28. The Labute approximate surface area is 115 Å². The number of carbonyl (C=O) groups is 1. The summed E-state index contributed by atoms with van der Waals surface area (Å²) in [6.07, 6.45) is 2.46. The van der Waals surface area contributed by atoms with Gasteiger partial charge in [-0.25, -0.2) is 0 Å². The largest absolute Gasteiger partial charge is 0.494 e. The summed E-state index contributed by atoms with van der Waals surface area (Å²) >= 11 is 0. The molecular formula is C15H24N2O2. The maximum absolute atomic E-state index is 11.3. The summed E-state index contributed by atoms with van der Waals surface area (Å²) in [6.45, 7) is 5.10. The third-order valence-corrected chi connectivity index (χ3v) is 2.61. The van der Waals surface area contributed by atoms with Gasteiger partial charge in [-0.15, -0.1) is 0 Å². The summed E-state index contributed by atoms with van der Waals surface area (Å²) in [4.78, 5) is 11.3. The van der Waals surface area contributed by atoms with E-state index in [1.54, 1.807) is 0 Å². The predicted octanol–water partition coefficient (Wildman–Crippen LogP) is 1.96. The lowest BCUT2D eigenvalue weighted by molar-refractivity contribution is -0.120. The standard InChI is InChI=1S/C15H24N2O2/c1-2-10-17-15(18)9-12-16-11-6-13-19-14-7-4-3-5-8-14/h3-5,7-8,16H,2,6,9-13H2,1H3,(H,17,18). The second-order valence-corrected chi connectivity index (χ2v) is 4.37. The highest BCUT2D eigenvalue weighted by atomic mass is 16.5. The fourth-order valence-electron chi connectivity index (χ4n) is 1.58. The maximum Gasteiger partial charge on any atom is 0.221 e. The van der Waals surface area contributed by atoms with Crippen molar-refractivity contribution in [2.24, 2.45) is 0 Å². The van der Waals surface area contributed by atoms with Gasteiger partial charge in [-0.2, -0.15) is 0 Å². The van der Waals surface area contributed by atoms with Gasteiger partial charge < -0.3 is 15.4 Å². The highest BCUT2D eigenvalue weighted by molar-refractivity contribution is 5.75. The first-order valence-electron chi connectivity index (χ1n) is 6.98. The molecule has 0 heterocycles. The van der Waals surface area contributed by atoms with Crippen molar-refractivity contribution in [2.45, 2.75) is 26.2 Å². The van der Waals surface area contributed by atoms with E-state index in [9.17, 15) is 4.79 Å². The molecule has 1 aromatic carbocycles. The zero-order valence-corrected chi connectivity index (χ0v) is 11.7. The van der Waals surface area contributed by atoms with Crippen molar-refractivity contribution >= 4 is 5.91 Å². The van der Waals surface area contributed by atoms with Crippen LogP contribution in [-0.4, -0.2) is 32.1 Å². The van der Waals surface area contributed by atoms with E-state index >= 15 is 0 Å². The molecule has 0 spiro atoms. The number of carbonyl (C=O) groups excluding carboxylic acids is 1. The Morgan fingerprint density at radius 3 is 2.68 bits per heavy atom. The lowest BCUT2D eigenvalue weighted by atomic mass is 10.3. The van der Waals surface area contributed by atoms with E-state index in [1.165, 1.54) is 0 Å². The minimum absolute atomic E-state index is 0.120. The van der Waals surface area contributed by atoms with Crippen molar-refractivity contribution in [2.75, 3.05) is 26.2 Å². The molecule has 1 rings (SSSR count). The van der Waals surface area contributed by atoms with Gasteiger partial charge in [0, 0.05) is 19.5 Å². The van der Waals surface area contributed by atoms with E-state index in [2.05, 4.69) is 10.6 Å². The second-order valence-electron chi connectivity index (χ2n) is 4.37. The fourth-order valence-corrected chi connectivity index (χ4v) is 1.58. The average molecular weight is 264 g/mol. The van der Waals surface area contributed by atoms with Crippen LogP contribution in [0.4, 0.5) is 0 Å². The number of amides is 1. The molecule has 0 aromatic heterocycles. The van der Waals surface area contributed by atoms with Crippen LogP contribution in [0.2, 0.25) is 0 Å². The lowest BCUT2D eigenvalue weighted by Gasteiger charge is -2.07. The molecule has 0 aliphatic rings. The van der Waals surface area contributed by atoms with Gasteiger partial charge in [0.2, 0.25) is 5.91 Å². The number of hydrogen-bond donors (Lipinski definition) is 2. The first-order chi connectivity index (χ1) is 9.33. The Morgan fingerprint density at radius 1 is 1.16 bits per heavy atom. The third-order valence-electron chi connectivity index (χ3n) is 2.61. The molecule has 0 unspecified atom stereocenters. The monoisotopic (exact) mass is 264 g/mol. The molecule has 4 heteroatoms. The molecule has 0 radical (unpaired) electrons. The second kappa shape index (κ2) is 10.4.